The van der Waals surface area contributed by atoms with Crippen LogP contribution in [-0.4, -0.2) is 29.6 Å². The Morgan fingerprint density at radius 1 is 1.47 bits per heavy atom. The van der Waals surface area contributed by atoms with Crippen molar-refractivity contribution >= 4 is 0 Å². The second-order valence-corrected chi connectivity index (χ2v) is 6.92. The first kappa shape index (κ1) is 13.2. The van der Waals surface area contributed by atoms with E-state index < -0.39 is 0 Å². The standard InChI is InChI=1S/C16H26N2O/c1-12(2)15-8-17-16(3,14-4-5-14)11-18(15)9-13-6-7-19-10-13/h6-7,10,12,14-15,17H,4-5,8-9,11H2,1-3H3. The average molecular weight is 262 g/mol. The highest BCUT2D eigenvalue weighted by Gasteiger charge is 2.46. The molecule has 3 nitrogen and oxygen atoms in total. The van der Waals surface area contributed by atoms with Gasteiger partial charge in [0.1, 0.15) is 0 Å². The van der Waals surface area contributed by atoms with Gasteiger partial charge in [0.05, 0.1) is 12.5 Å². The molecule has 2 atom stereocenters. The number of piperazine rings is 1. The van der Waals surface area contributed by atoms with Crippen molar-refractivity contribution < 1.29 is 4.42 Å². The maximum absolute atomic E-state index is 5.22. The molecule has 1 aliphatic carbocycles. The highest BCUT2D eigenvalue weighted by atomic mass is 16.3. The maximum atomic E-state index is 5.22. The normalized spacial score (nSPS) is 32.9. The number of hydrogen-bond acceptors (Lipinski definition) is 3. The van der Waals surface area contributed by atoms with E-state index in [0.717, 1.165) is 25.6 Å². The van der Waals surface area contributed by atoms with Crippen molar-refractivity contribution in [2.24, 2.45) is 11.8 Å². The van der Waals surface area contributed by atoms with Gasteiger partial charge in [-0.3, -0.25) is 4.90 Å². The Morgan fingerprint density at radius 2 is 2.26 bits per heavy atom. The first-order valence-corrected chi connectivity index (χ1v) is 7.58. The third kappa shape index (κ3) is 2.72. The van der Waals surface area contributed by atoms with Gasteiger partial charge in [0.15, 0.2) is 0 Å². The van der Waals surface area contributed by atoms with Gasteiger partial charge in [-0.15, -0.1) is 0 Å². The molecular formula is C16H26N2O. The van der Waals surface area contributed by atoms with Crippen LogP contribution in [0.15, 0.2) is 23.0 Å². The number of nitrogens with zero attached hydrogens (tertiary/aromatic N) is 1. The predicted octanol–water partition coefficient (Wildman–Crippen LogP) is 2.88. The van der Waals surface area contributed by atoms with Crippen LogP contribution in [0.1, 0.15) is 39.2 Å². The quantitative estimate of drug-likeness (QED) is 0.904. The van der Waals surface area contributed by atoms with Crippen LogP contribution in [0, 0.1) is 11.8 Å². The third-order valence-corrected chi connectivity index (χ3v) is 4.93. The average Bonchev–Trinajstić information content (AvgIpc) is 3.10. The number of furan rings is 1. The molecule has 19 heavy (non-hydrogen) atoms. The van der Waals surface area contributed by atoms with Gasteiger partial charge < -0.3 is 9.73 Å². The van der Waals surface area contributed by atoms with Crippen LogP contribution in [0.5, 0.6) is 0 Å². The molecule has 2 aliphatic rings. The van der Waals surface area contributed by atoms with Gasteiger partial charge in [-0.05, 0) is 37.7 Å². The van der Waals surface area contributed by atoms with Crippen molar-refractivity contribution in [2.45, 2.75) is 51.7 Å². The zero-order valence-corrected chi connectivity index (χ0v) is 12.4. The Balaban J connectivity index is 1.74. The summed E-state index contributed by atoms with van der Waals surface area (Å²) in [6, 6.07) is 2.72. The van der Waals surface area contributed by atoms with Gasteiger partial charge >= 0.3 is 0 Å². The molecule has 1 saturated carbocycles. The van der Waals surface area contributed by atoms with E-state index in [1.165, 1.54) is 18.4 Å². The van der Waals surface area contributed by atoms with E-state index in [-0.39, 0.29) is 0 Å². The Kier molecular flexibility index (Phi) is 3.44. The molecule has 1 aliphatic heterocycles. The molecule has 1 aromatic rings. The van der Waals surface area contributed by atoms with E-state index in [9.17, 15) is 0 Å². The fourth-order valence-electron chi connectivity index (χ4n) is 3.50. The van der Waals surface area contributed by atoms with E-state index in [2.05, 4.69) is 37.1 Å². The summed E-state index contributed by atoms with van der Waals surface area (Å²) in [5.41, 5.74) is 1.61. The number of rotatable bonds is 4. The molecule has 2 heterocycles. The SMILES string of the molecule is CC(C)C1CNC(C)(C2CC2)CN1Cc1ccoc1. The molecule has 0 spiro atoms. The lowest BCUT2D eigenvalue weighted by atomic mass is 9.88. The smallest absolute Gasteiger partial charge is 0.0947 e. The van der Waals surface area contributed by atoms with Gasteiger partial charge in [-0.2, -0.15) is 0 Å². The first-order valence-electron chi connectivity index (χ1n) is 7.58. The fourth-order valence-corrected chi connectivity index (χ4v) is 3.50. The zero-order chi connectivity index (χ0) is 13.5. The predicted molar refractivity (Wildman–Crippen MR) is 76.9 cm³/mol. The molecule has 1 N–H and O–H groups in total. The lowest BCUT2D eigenvalue weighted by molar-refractivity contribution is 0.0461. The largest absolute Gasteiger partial charge is 0.472 e. The summed E-state index contributed by atoms with van der Waals surface area (Å²) < 4.78 is 5.22. The van der Waals surface area contributed by atoms with Crippen molar-refractivity contribution in [1.82, 2.24) is 10.2 Å². The van der Waals surface area contributed by atoms with Crippen molar-refractivity contribution in [3.05, 3.63) is 24.2 Å². The summed E-state index contributed by atoms with van der Waals surface area (Å²) in [5, 5.41) is 3.83. The van der Waals surface area contributed by atoms with Crippen molar-refractivity contribution in [3.8, 4) is 0 Å². The lowest BCUT2D eigenvalue weighted by Crippen LogP contribution is -2.64. The van der Waals surface area contributed by atoms with Crippen LogP contribution < -0.4 is 5.32 Å². The van der Waals surface area contributed by atoms with E-state index in [4.69, 9.17) is 4.42 Å². The third-order valence-electron chi connectivity index (χ3n) is 4.93. The highest BCUT2D eigenvalue weighted by molar-refractivity contribution is 5.09. The van der Waals surface area contributed by atoms with Gasteiger partial charge in [-0.1, -0.05) is 13.8 Å². The van der Waals surface area contributed by atoms with Crippen LogP contribution in [-0.2, 0) is 6.54 Å². The lowest BCUT2D eigenvalue weighted by Gasteiger charge is -2.48. The Labute approximate surface area is 116 Å². The van der Waals surface area contributed by atoms with Crippen LogP contribution in [0.2, 0.25) is 0 Å². The summed E-state index contributed by atoms with van der Waals surface area (Å²) in [4.78, 5) is 2.66. The van der Waals surface area contributed by atoms with Crippen LogP contribution >= 0.6 is 0 Å². The molecule has 0 bridgehead atoms. The monoisotopic (exact) mass is 262 g/mol. The Hall–Kier alpha value is -0.800. The first-order chi connectivity index (χ1) is 9.08. The van der Waals surface area contributed by atoms with Crippen molar-refractivity contribution in [2.75, 3.05) is 13.1 Å². The molecule has 3 heteroatoms. The summed E-state index contributed by atoms with van der Waals surface area (Å²) in [5.74, 6) is 1.57. The van der Waals surface area contributed by atoms with E-state index in [1.54, 1.807) is 6.26 Å². The molecule has 3 rings (SSSR count). The maximum Gasteiger partial charge on any atom is 0.0947 e. The Morgan fingerprint density at radius 3 is 2.84 bits per heavy atom. The molecule has 1 saturated heterocycles. The topological polar surface area (TPSA) is 28.4 Å². The minimum absolute atomic E-state index is 0.315. The summed E-state index contributed by atoms with van der Waals surface area (Å²) in [7, 11) is 0. The van der Waals surface area contributed by atoms with Crippen molar-refractivity contribution in [1.29, 1.82) is 0 Å². The van der Waals surface area contributed by atoms with Gasteiger partial charge in [0.25, 0.3) is 0 Å². The molecular weight excluding hydrogens is 236 g/mol. The van der Waals surface area contributed by atoms with Crippen LogP contribution in [0.3, 0.4) is 0 Å². The van der Waals surface area contributed by atoms with Gasteiger partial charge in [-0.25, -0.2) is 0 Å². The number of nitrogens with one attached hydrogen (secondary N) is 1. The highest BCUT2D eigenvalue weighted by Crippen LogP contribution is 2.42. The van der Waals surface area contributed by atoms with Crippen LogP contribution in [0.4, 0.5) is 0 Å². The fraction of sp³-hybridized carbons (Fsp3) is 0.750. The van der Waals surface area contributed by atoms with Crippen LogP contribution in [0.25, 0.3) is 0 Å². The summed E-state index contributed by atoms with van der Waals surface area (Å²) >= 11 is 0. The Bertz CT molecular complexity index is 410. The molecule has 0 radical (unpaired) electrons. The van der Waals surface area contributed by atoms with Gasteiger partial charge in [0.2, 0.25) is 0 Å². The van der Waals surface area contributed by atoms with E-state index >= 15 is 0 Å². The second kappa shape index (κ2) is 4.95. The molecule has 0 amide bonds. The zero-order valence-electron chi connectivity index (χ0n) is 12.4. The second-order valence-electron chi connectivity index (χ2n) is 6.92. The van der Waals surface area contributed by atoms with Gasteiger partial charge in [0, 0.05) is 36.8 Å². The minimum Gasteiger partial charge on any atom is -0.472 e. The number of hydrogen-bond donors (Lipinski definition) is 1. The minimum atomic E-state index is 0.315. The summed E-state index contributed by atoms with van der Waals surface area (Å²) in [6.45, 7) is 10.4. The molecule has 106 valence electrons. The molecule has 0 aromatic carbocycles. The summed E-state index contributed by atoms with van der Waals surface area (Å²) in [6.07, 6.45) is 6.46. The molecule has 2 unspecified atom stereocenters. The van der Waals surface area contributed by atoms with E-state index in [1.807, 2.05) is 6.26 Å². The van der Waals surface area contributed by atoms with E-state index in [0.29, 0.717) is 17.5 Å². The molecule has 2 fully saturated rings. The molecule has 1 aromatic heterocycles. The van der Waals surface area contributed by atoms with Crippen molar-refractivity contribution in [3.63, 3.8) is 0 Å².